The van der Waals surface area contributed by atoms with Gasteiger partial charge in [-0.1, -0.05) is 48.5 Å². The molecule has 0 fully saturated rings. The first-order valence-electron chi connectivity index (χ1n) is 18.1. The Morgan fingerprint density at radius 1 is 0.475 bits per heavy atom. The highest BCUT2D eigenvalue weighted by atomic mass is 28.4. The molecule has 0 radical (unpaired) electrons. The lowest BCUT2D eigenvalue weighted by atomic mass is 9.73. The van der Waals surface area contributed by atoms with Crippen LogP contribution in [0.2, 0.25) is 18.6 Å². The molecule has 0 aliphatic rings. The van der Waals surface area contributed by atoms with Crippen LogP contribution in [0.3, 0.4) is 0 Å². The van der Waals surface area contributed by atoms with E-state index in [1.807, 2.05) is 0 Å². The molecule has 0 aromatic heterocycles. The quantitative estimate of drug-likeness (QED) is 0.0783. The minimum atomic E-state index is -1.62. The summed E-state index contributed by atoms with van der Waals surface area (Å²) in [6.07, 6.45) is 17.3. The van der Waals surface area contributed by atoms with Crippen molar-refractivity contribution >= 4 is 8.32 Å². The molecule has 0 amide bonds. The van der Waals surface area contributed by atoms with E-state index in [4.69, 9.17) is 4.43 Å². The molecule has 0 aliphatic carbocycles. The van der Waals surface area contributed by atoms with Crippen molar-refractivity contribution < 1.29 is 4.43 Å². The SMILES string of the molecule is CCCN(CCC)CCCC(CCCN(CCC)CCC)(CCCN(CCC)CCC)CC[Si](C)(CC)OCC. The average Bonchev–Trinajstić information content (AvgIpc) is 2.93. The lowest BCUT2D eigenvalue weighted by molar-refractivity contribution is 0.150. The van der Waals surface area contributed by atoms with Gasteiger partial charge in [-0.2, -0.15) is 0 Å². The molecule has 4 nitrogen and oxygen atoms in total. The van der Waals surface area contributed by atoms with Gasteiger partial charge in [0.15, 0.2) is 8.32 Å². The zero-order chi connectivity index (χ0) is 30.1. The van der Waals surface area contributed by atoms with Crippen LogP contribution in [0.4, 0.5) is 0 Å². The lowest BCUT2D eigenvalue weighted by Crippen LogP contribution is -2.37. The van der Waals surface area contributed by atoms with Crippen molar-refractivity contribution in [3.05, 3.63) is 0 Å². The summed E-state index contributed by atoms with van der Waals surface area (Å²) in [6, 6.07) is 2.59. The molecular weight excluding hydrogens is 506 g/mol. The van der Waals surface area contributed by atoms with E-state index in [1.54, 1.807) is 0 Å². The van der Waals surface area contributed by atoms with Gasteiger partial charge in [0.1, 0.15) is 0 Å². The van der Waals surface area contributed by atoms with Gasteiger partial charge in [-0.15, -0.1) is 0 Å². The molecule has 0 N–H and O–H groups in total. The standard InChI is InChI=1S/C35H77N3OSi/c1-10-25-36(26-11-2)31-18-21-35(24-34-40(9,17-8)39-16-7,22-19-32-37(27-12-3)28-13-4)23-20-33-38(29-14-5)30-15-6/h10-34H2,1-9H3. The summed E-state index contributed by atoms with van der Waals surface area (Å²) in [5.74, 6) is 0. The summed E-state index contributed by atoms with van der Waals surface area (Å²) >= 11 is 0. The second-order valence-corrected chi connectivity index (χ2v) is 17.5. The van der Waals surface area contributed by atoms with E-state index >= 15 is 0 Å². The van der Waals surface area contributed by atoms with E-state index in [9.17, 15) is 0 Å². The molecule has 0 saturated heterocycles. The van der Waals surface area contributed by atoms with E-state index in [0.717, 1.165) is 6.61 Å². The maximum absolute atomic E-state index is 6.51. The number of hydrogen-bond donors (Lipinski definition) is 0. The molecular formula is C35H77N3OSi. The van der Waals surface area contributed by atoms with Gasteiger partial charge in [0.05, 0.1) is 0 Å². The van der Waals surface area contributed by atoms with Crippen molar-refractivity contribution in [1.82, 2.24) is 14.7 Å². The van der Waals surface area contributed by atoms with Gasteiger partial charge < -0.3 is 19.1 Å². The van der Waals surface area contributed by atoms with Gasteiger partial charge >= 0.3 is 0 Å². The maximum Gasteiger partial charge on any atom is 0.189 e. The van der Waals surface area contributed by atoms with Crippen LogP contribution in [0, 0.1) is 5.41 Å². The average molecular weight is 584 g/mol. The maximum atomic E-state index is 6.51. The van der Waals surface area contributed by atoms with Crippen molar-refractivity contribution in [2.24, 2.45) is 5.41 Å². The first-order valence-corrected chi connectivity index (χ1v) is 20.9. The van der Waals surface area contributed by atoms with Gasteiger partial charge in [0.2, 0.25) is 0 Å². The fraction of sp³-hybridized carbons (Fsp3) is 1.00. The van der Waals surface area contributed by atoms with Crippen LogP contribution >= 0.6 is 0 Å². The summed E-state index contributed by atoms with van der Waals surface area (Å²) in [4.78, 5) is 8.22. The van der Waals surface area contributed by atoms with Gasteiger partial charge in [-0.25, -0.2) is 0 Å². The number of hydrogen-bond acceptors (Lipinski definition) is 4. The normalized spacial score (nSPS) is 14.1. The smallest absolute Gasteiger partial charge is 0.189 e. The Hall–Kier alpha value is 0.0569. The summed E-state index contributed by atoms with van der Waals surface area (Å²) in [7, 11) is -1.62. The van der Waals surface area contributed by atoms with Gasteiger partial charge in [-0.3, -0.25) is 0 Å². The highest BCUT2D eigenvalue weighted by Crippen LogP contribution is 2.42. The monoisotopic (exact) mass is 584 g/mol. The number of nitrogens with zero attached hydrogens (tertiary/aromatic N) is 3. The Kier molecular flexibility index (Phi) is 25.6. The van der Waals surface area contributed by atoms with E-state index in [-0.39, 0.29) is 0 Å². The predicted octanol–water partition coefficient (Wildman–Crippen LogP) is 9.70. The third-order valence-electron chi connectivity index (χ3n) is 9.21. The number of rotatable bonds is 30. The first kappa shape index (κ1) is 40.1. The fourth-order valence-corrected chi connectivity index (χ4v) is 9.37. The molecule has 0 aromatic carbocycles. The minimum Gasteiger partial charge on any atom is -0.417 e. The van der Waals surface area contributed by atoms with E-state index in [1.165, 1.54) is 154 Å². The van der Waals surface area contributed by atoms with Crippen molar-refractivity contribution in [2.45, 2.75) is 157 Å². The first-order chi connectivity index (χ1) is 19.3. The molecule has 1 unspecified atom stereocenters. The zero-order valence-electron chi connectivity index (χ0n) is 29.4. The van der Waals surface area contributed by atoms with Crippen LogP contribution in [-0.2, 0) is 4.43 Å². The van der Waals surface area contributed by atoms with Crippen molar-refractivity contribution in [2.75, 3.05) is 65.5 Å². The van der Waals surface area contributed by atoms with Crippen molar-refractivity contribution in [3.8, 4) is 0 Å². The van der Waals surface area contributed by atoms with Crippen molar-refractivity contribution in [1.29, 1.82) is 0 Å². The van der Waals surface area contributed by atoms with E-state index < -0.39 is 8.32 Å². The van der Waals surface area contributed by atoms with Crippen LogP contribution in [0.25, 0.3) is 0 Å². The minimum absolute atomic E-state index is 0.471. The largest absolute Gasteiger partial charge is 0.417 e. The topological polar surface area (TPSA) is 19.0 Å². The molecule has 5 heteroatoms. The highest BCUT2D eigenvalue weighted by molar-refractivity contribution is 6.72. The molecule has 0 heterocycles. The van der Waals surface area contributed by atoms with Crippen LogP contribution in [0.5, 0.6) is 0 Å². The van der Waals surface area contributed by atoms with E-state index in [2.05, 4.69) is 76.6 Å². The van der Waals surface area contributed by atoms with Crippen LogP contribution in [-0.4, -0.2) is 88.5 Å². The third-order valence-corrected chi connectivity index (χ3v) is 13.0. The van der Waals surface area contributed by atoms with Crippen LogP contribution in [0.15, 0.2) is 0 Å². The predicted molar refractivity (Wildman–Crippen MR) is 184 cm³/mol. The van der Waals surface area contributed by atoms with Gasteiger partial charge in [0, 0.05) is 6.61 Å². The molecule has 242 valence electrons. The Morgan fingerprint density at radius 2 is 0.800 bits per heavy atom. The lowest BCUT2D eigenvalue weighted by Gasteiger charge is -2.39. The van der Waals surface area contributed by atoms with Crippen LogP contribution < -0.4 is 0 Å². The van der Waals surface area contributed by atoms with Gasteiger partial charge in [0.25, 0.3) is 0 Å². The van der Waals surface area contributed by atoms with E-state index in [0.29, 0.717) is 5.41 Å². The summed E-state index contributed by atoms with van der Waals surface area (Å²) < 4.78 is 6.51. The van der Waals surface area contributed by atoms with Crippen LogP contribution in [0.1, 0.15) is 139 Å². The Bertz CT molecular complexity index is 476. The third kappa shape index (κ3) is 18.6. The van der Waals surface area contributed by atoms with Gasteiger partial charge in [-0.05, 0) is 173 Å². The summed E-state index contributed by atoms with van der Waals surface area (Å²) in [5, 5.41) is 0. The fourth-order valence-electron chi connectivity index (χ4n) is 6.92. The Labute approximate surface area is 255 Å². The molecule has 0 rings (SSSR count). The molecule has 40 heavy (non-hydrogen) atoms. The highest BCUT2D eigenvalue weighted by Gasteiger charge is 2.35. The molecule has 1 atom stereocenters. The molecule has 0 aromatic rings. The Balaban J connectivity index is 5.85. The summed E-state index contributed by atoms with van der Waals surface area (Å²) in [6.45, 7) is 33.5. The van der Waals surface area contributed by atoms with Crippen molar-refractivity contribution in [3.63, 3.8) is 0 Å². The second kappa shape index (κ2) is 25.5. The molecule has 0 bridgehead atoms. The zero-order valence-corrected chi connectivity index (χ0v) is 30.4. The molecule has 0 saturated carbocycles. The molecule has 0 spiro atoms. The second-order valence-electron chi connectivity index (χ2n) is 13.1. The Morgan fingerprint density at radius 3 is 1.05 bits per heavy atom. The molecule has 0 aliphatic heterocycles. The summed E-state index contributed by atoms with van der Waals surface area (Å²) in [5.41, 5.74) is 0.471.